The van der Waals surface area contributed by atoms with Crippen LogP contribution in [0.25, 0.3) is 11.0 Å². The molecule has 0 amide bonds. The molecule has 1 aromatic heterocycles. The molecule has 0 aliphatic carbocycles. The fraction of sp³-hybridized carbons (Fsp3) is 0.125. The molecule has 0 saturated heterocycles. The van der Waals surface area contributed by atoms with Gasteiger partial charge in [-0.15, -0.1) is 0 Å². The number of halogens is 2. The van der Waals surface area contributed by atoms with Gasteiger partial charge in [0.05, 0.1) is 27.4 Å². The molecule has 0 unspecified atom stereocenters. The predicted molar refractivity (Wildman–Crippen MR) is 97.0 cm³/mol. The van der Waals surface area contributed by atoms with E-state index in [0.717, 1.165) is 12.0 Å². The molecule has 3 rings (SSSR count). The Morgan fingerprint density at radius 3 is 2.65 bits per heavy atom. The highest BCUT2D eigenvalue weighted by atomic mass is 35.5. The van der Waals surface area contributed by atoms with Gasteiger partial charge >= 0.3 is 0 Å². The van der Waals surface area contributed by atoms with Crippen LogP contribution < -0.4 is 16.8 Å². The van der Waals surface area contributed by atoms with Gasteiger partial charge in [0.2, 0.25) is 0 Å². The minimum Gasteiger partial charge on any atom is -0.399 e. The van der Waals surface area contributed by atoms with Gasteiger partial charge in [-0.2, -0.15) is 0 Å². The number of hydrogen-bond donors (Lipinski definition) is 3. The number of rotatable bonds is 4. The second-order valence-electron chi connectivity index (χ2n) is 5.16. The van der Waals surface area contributed by atoms with E-state index >= 15 is 0 Å². The molecule has 0 aliphatic rings. The predicted octanol–water partition coefficient (Wildman–Crippen LogP) is 3.76. The van der Waals surface area contributed by atoms with Gasteiger partial charge in [-0.1, -0.05) is 29.3 Å². The summed E-state index contributed by atoms with van der Waals surface area (Å²) in [6.07, 6.45) is 2.45. The van der Waals surface area contributed by atoms with Crippen LogP contribution in [0.3, 0.4) is 0 Å². The van der Waals surface area contributed by atoms with Gasteiger partial charge in [-0.3, -0.25) is 4.98 Å². The van der Waals surface area contributed by atoms with E-state index in [1.165, 1.54) is 0 Å². The summed E-state index contributed by atoms with van der Waals surface area (Å²) < 4.78 is 0. The number of nitrogens with one attached hydrogen (secondary N) is 1. The highest BCUT2D eigenvalue weighted by Gasteiger charge is 2.05. The van der Waals surface area contributed by atoms with Gasteiger partial charge in [0, 0.05) is 12.2 Å². The normalized spacial score (nSPS) is 10.9. The van der Waals surface area contributed by atoms with E-state index in [0.29, 0.717) is 44.8 Å². The lowest BCUT2D eigenvalue weighted by Crippen LogP contribution is -2.07. The van der Waals surface area contributed by atoms with Crippen molar-refractivity contribution in [2.24, 2.45) is 0 Å². The summed E-state index contributed by atoms with van der Waals surface area (Å²) in [5.74, 6) is 0.661. The molecule has 0 fully saturated rings. The summed E-state index contributed by atoms with van der Waals surface area (Å²) in [5.41, 5.74) is 15.2. The molecule has 118 valence electrons. The standard InChI is InChI=1S/C16H15Cl2N5/c17-11-2-1-9(5-12(11)18)3-4-21-15-8-22-14-7-10(19)6-13(20)16(14)23-15/h1-2,5-8H,3-4,19-20H2,(H,21,23). The zero-order valence-corrected chi connectivity index (χ0v) is 13.7. The Labute approximate surface area is 143 Å². The lowest BCUT2D eigenvalue weighted by Gasteiger charge is -2.08. The number of hydrogen-bond acceptors (Lipinski definition) is 5. The maximum atomic E-state index is 6.01. The second kappa shape index (κ2) is 6.48. The molecular formula is C16H15Cl2N5. The first kappa shape index (κ1) is 15.6. The van der Waals surface area contributed by atoms with E-state index < -0.39 is 0 Å². The largest absolute Gasteiger partial charge is 0.399 e. The molecule has 5 nitrogen and oxygen atoms in total. The van der Waals surface area contributed by atoms with Crippen LogP contribution >= 0.6 is 23.2 Å². The fourth-order valence-electron chi connectivity index (χ4n) is 2.28. The quantitative estimate of drug-likeness (QED) is 0.625. The van der Waals surface area contributed by atoms with Gasteiger partial charge in [-0.05, 0) is 36.2 Å². The second-order valence-corrected chi connectivity index (χ2v) is 5.97. The monoisotopic (exact) mass is 347 g/mol. The first-order valence-electron chi connectivity index (χ1n) is 7.02. The van der Waals surface area contributed by atoms with E-state index in [1.807, 2.05) is 12.1 Å². The summed E-state index contributed by atoms with van der Waals surface area (Å²) in [6, 6.07) is 9.02. The van der Waals surface area contributed by atoms with Gasteiger partial charge in [0.1, 0.15) is 11.3 Å². The van der Waals surface area contributed by atoms with Crippen LogP contribution in [0.15, 0.2) is 36.5 Å². The lowest BCUT2D eigenvalue weighted by atomic mass is 10.1. The molecule has 0 spiro atoms. The van der Waals surface area contributed by atoms with Gasteiger partial charge in [-0.25, -0.2) is 4.98 Å². The number of benzene rings is 2. The van der Waals surface area contributed by atoms with Crippen LogP contribution in [0.5, 0.6) is 0 Å². The highest BCUT2D eigenvalue weighted by Crippen LogP contribution is 2.24. The minimum absolute atomic E-state index is 0.514. The summed E-state index contributed by atoms with van der Waals surface area (Å²) in [6.45, 7) is 0.688. The Morgan fingerprint density at radius 1 is 1.04 bits per heavy atom. The number of anilines is 3. The summed E-state index contributed by atoms with van der Waals surface area (Å²) in [4.78, 5) is 8.81. The van der Waals surface area contributed by atoms with Crippen molar-refractivity contribution in [2.75, 3.05) is 23.3 Å². The molecule has 23 heavy (non-hydrogen) atoms. The van der Waals surface area contributed by atoms with E-state index in [2.05, 4.69) is 15.3 Å². The Kier molecular flexibility index (Phi) is 4.41. The minimum atomic E-state index is 0.514. The Bertz CT molecular complexity index is 866. The van der Waals surface area contributed by atoms with Crippen molar-refractivity contribution in [1.82, 2.24) is 9.97 Å². The summed E-state index contributed by atoms with van der Waals surface area (Å²) >= 11 is 11.9. The first-order chi connectivity index (χ1) is 11.0. The summed E-state index contributed by atoms with van der Waals surface area (Å²) in [5, 5.41) is 4.33. The van der Waals surface area contributed by atoms with Gasteiger partial charge in [0.15, 0.2) is 0 Å². The first-order valence-corrected chi connectivity index (χ1v) is 7.78. The van der Waals surface area contributed by atoms with Crippen molar-refractivity contribution < 1.29 is 0 Å². The Balaban J connectivity index is 1.70. The average molecular weight is 348 g/mol. The van der Waals surface area contributed by atoms with Gasteiger partial charge in [0.25, 0.3) is 0 Å². The van der Waals surface area contributed by atoms with Crippen LogP contribution in [-0.2, 0) is 6.42 Å². The molecule has 7 heteroatoms. The third-order valence-electron chi connectivity index (χ3n) is 3.40. The summed E-state index contributed by atoms with van der Waals surface area (Å²) in [7, 11) is 0. The molecular weight excluding hydrogens is 333 g/mol. The number of aromatic nitrogens is 2. The molecule has 5 N–H and O–H groups in total. The SMILES string of the molecule is Nc1cc(N)c2nc(NCCc3ccc(Cl)c(Cl)c3)cnc2c1. The molecule has 0 radical (unpaired) electrons. The van der Waals surface area contributed by atoms with Crippen molar-refractivity contribution in [1.29, 1.82) is 0 Å². The molecule has 1 heterocycles. The van der Waals surface area contributed by atoms with Crippen LogP contribution in [0.2, 0.25) is 10.0 Å². The van der Waals surface area contributed by atoms with E-state index in [1.54, 1.807) is 24.4 Å². The maximum Gasteiger partial charge on any atom is 0.145 e. The molecule has 0 saturated carbocycles. The third kappa shape index (κ3) is 3.57. The Hall–Kier alpha value is -2.24. The molecule has 0 atom stereocenters. The Morgan fingerprint density at radius 2 is 1.87 bits per heavy atom. The number of fused-ring (bicyclic) bond motifs is 1. The fourth-order valence-corrected chi connectivity index (χ4v) is 2.60. The molecule has 0 aliphatic heterocycles. The smallest absolute Gasteiger partial charge is 0.145 e. The van der Waals surface area contributed by atoms with Crippen LogP contribution in [0, 0.1) is 0 Å². The molecule has 0 bridgehead atoms. The molecule has 3 aromatic rings. The van der Waals surface area contributed by atoms with Crippen molar-refractivity contribution in [3.8, 4) is 0 Å². The number of nitrogens with zero attached hydrogens (tertiary/aromatic N) is 2. The topological polar surface area (TPSA) is 89.9 Å². The van der Waals surface area contributed by atoms with Crippen molar-refractivity contribution in [3.63, 3.8) is 0 Å². The van der Waals surface area contributed by atoms with Gasteiger partial charge < -0.3 is 16.8 Å². The van der Waals surface area contributed by atoms with E-state index in [-0.39, 0.29) is 0 Å². The van der Waals surface area contributed by atoms with E-state index in [4.69, 9.17) is 34.7 Å². The zero-order valence-electron chi connectivity index (χ0n) is 12.2. The van der Waals surface area contributed by atoms with E-state index in [9.17, 15) is 0 Å². The van der Waals surface area contributed by atoms with Crippen LogP contribution in [0.4, 0.5) is 17.2 Å². The van der Waals surface area contributed by atoms with Crippen LogP contribution in [0.1, 0.15) is 5.56 Å². The lowest BCUT2D eigenvalue weighted by molar-refractivity contribution is 1.01. The molecule has 2 aromatic carbocycles. The average Bonchev–Trinajstić information content (AvgIpc) is 2.51. The van der Waals surface area contributed by atoms with Crippen molar-refractivity contribution in [2.45, 2.75) is 6.42 Å². The highest BCUT2D eigenvalue weighted by molar-refractivity contribution is 6.42. The number of nitrogen functional groups attached to an aromatic ring is 2. The zero-order chi connectivity index (χ0) is 16.4. The third-order valence-corrected chi connectivity index (χ3v) is 4.14. The maximum absolute atomic E-state index is 6.01. The van der Waals surface area contributed by atoms with Crippen molar-refractivity contribution in [3.05, 3.63) is 52.1 Å². The van der Waals surface area contributed by atoms with Crippen molar-refractivity contribution >= 4 is 51.4 Å². The van der Waals surface area contributed by atoms with Crippen LogP contribution in [-0.4, -0.2) is 16.5 Å². The number of nitrogens with two attached hydrogens (primary N) is 2.